The Morgan fingerprint density at radius 1 is 1.00 bits per heavy atom. The number of nitrogens with one attached hydrogen (secondary N) is 1. The first-order valence-electron chi connectivity index (χ1n) is 9.16. The van der Waals surface area contributed by atoms with Crippen LogP contribution in [0.3, 0.4) is 0 Å². The predicted octanol–water partition coefficient (Wildman–Crippen LogP) is 5.45. The summed E-state index contributed by atoms with van der Waals surface area (Å²) >= 11 is 9.96. The van der Waals surface area contributed by atoms with Gasteiger partial charge in [0.25, 0.3) is 11.8 Å². The zero-order valence-electron chi connectivity index (χ0n) is 16.3. The fourth-order valence-electron chi connectivity index (χ4n) is 2.97. The van der Waals surface area contributed by atoms with Gasteiger partial charge in [0.15, 0.2) is 5.75 Å². The van der Waals surface area contributed by atoms with Crippen LogP contribution < -0.4 is 15.0 Å². The van der Waals surface area contributed by atoms with Gasteiger partial charge < -0.3 is 9.15 Å². The third-order valence-corrected chi connectivity index (χ3v) is 6.02. The van der Waals surface area contributed by atoms with E-state index in [9.17, 15) is 19.2 Å². The quantitative estimate of drug-likeness (QED) is 0.176. The zero-order valence-corrected chi connectivity index (χ0v) is 21.1. The van der Waals surface area contributed by atoms with Crippen LogP contribution in [0.25, 0.3) is 6.08 Å². The summed E-state index contributed by atoms with van der Waals surface area (Å²) in [5.74, 6) is -2.45. The number of ether oxygens (including phenoxy) is 1. The summed E-state index contributed by atoms with van der Waals surface area (Å²) in [6.07, 6.45) is 2.57. The number of hydrogen-bond donors (Lipinski definition) is 1. The first-order valence-corrected chi connectivity index (χ1v) is 11.5. The second-order valence-electron chi connectivity index (χ2n) is 6.61. The Kier molecular flexibility index (Phi) is 6.63. The largest absolute Gasteiger partial charge is 0.457 e. The van der Waals surface area contributed by atoms with E-state index in [1.54, 1.807) is 36.4 Å². The molecule has 1 saturated heterocycles. The number of barbiturate groups is 1. The highest BCUT2D eigenvalue weighted by atomic mass is 79.9. The number of amides is 4. The molecule has 1 aromatic heterocycles. The van der Waals surface area contributed by atoms with E-state index in [4.69, 9.17) is 9.15 Å². The van der Waals surface area contributed by atoms with E-state index in [2.05, 4.69) is 53.1 Å². The van der Waals surface area contributed by atoms with Crippen LogP contribution in [-0.2, 0) is 9.59 Å². The molecule has 0 aliphatic carbocycles. The van der Waals surface area contributed by atoms with Crippen molar-refractivity contribution in [3.63, 3.8) is 0 Å². The molecular formula is C22H11Br3N2O6. The van der Waals surface area contributed by atoms with Gasteiger partial charge in [-0.2, -0.15) is 0 Å². The van der Waals surface area contributed by atoms with Gasteiger partial charge in [-0.25, -0.2) is 14.5 Å². The van der Waals surface area contributed by atoms with Gasteiger partial charge >= 0.3 is 12.0 Å². The number of halogens is 3. The van der Waals surface area contributed by atoms with Gasteiger partial charge in [-0.15, -0.1) is 0 Å². The van der Waals surface area contributed by atoms with E-state index in [0.717, 1.165) is 9.37 Å². The van der Waals surface area contributed by atoms with Crippen LogP contribution in [0.5, 0.6) is 5.75 Å². The standard InChI is InChI=1S/C22H11Br3N2O6/c23-12-3-5-14(6-4-12)27-20(29)15(19(28)26-22(27)31)9-11-8-13(24)10-16(25)18(11)33-21(30)17-2-1-7-32-17/h1-10H,(H,26,28,31)/b15-9-. The van der Waals surface area contributed by atoms with Crippen molar-refractivity contribution in [1.29, 1.82) is 0 Å². The first kappa shape index (κ1) is 23.1. The molecule has 4 amide bonds. The molecule has 0 atom stereocenters. The summed E-state index contributed by atoms with van der Waals surface area (Å²) in [6, 6.07) is 11.7. The van der Waals surface area contributed by atoms with Crippen LogP contribution in [0.1, 0.15) is 16.1 Å². The van der Waals surface area contributed by atoms with Crippen molar-refractivity contribution < 1.29 is 28.3 Å². The van der Waals surface area contributed by atoms with Crippen molar-refractivity contribution >= 4 is 83.4 Å². The SMILES string of the molecule is O=C1NC(=O)N(c2ccc(Br)cc2)C(=O)/C1=C\c1cc(Br)cc(Br)c1OC(=O)c1ccco1. The van der Waals surface area contributed by atoms with E-state index >= 15 is 0 Å². The maximum absolute atomic E-state index is 13.1. The van der Waals surface area contributed by atoms with Gasteiger partial charge in [0, 0.05) is 14.5 Å². The number of nitrogens with zero attached hydrogens (tertiary/aromatic N) is 1. The second-order valence-corrected chi connectivity index (χ2v) is 9.29. The smallest absolute Gasteiger partial charge is 0.379 e. The van der Waals surface area contributed by atoms with Crippen molar-refractivity contribution in [2.45, 2.75) is 0 Å². The molecule has 33 heavy (non-hydrogen) atoms. The Labute approximate surface area is 212 Å². The Balaban J connectivity index is 1.76. The molecule has 2 aromatic carbocycles. The average Bonchev–Trinajstić information content (AvgIpc) is 3.29. The molecule has 0 radical (unpaired) electrons. The highest BCUT2D eigenvalue weighted by molar-refractivity contribution is 9.11. The Hall–Kier alpha value is -3.02. The van der Waals surface area contributed by atoms with Gasteiger partial charge in [-0.05, 0) is 70.5 Å². The molecule has 2 heterocycles. The lowest BCUT2D eigenvalue weighted by Crippen LogP contribution is -2.54. The van der Waals surface area contributed by atoms with E-state index in [1.807, 2.05) is 0 Å². The Bertz CT molecular complexity index is 1320. The minimum absolute atomic E-state index is 0.0260. The zero-order chi connectivity index (χ0) is 23.7. The average molecular weight is 639 g/mol. The molecule has 3 aromatic rings. The predicted molar refractivity (Wildman–Crippen MR) is 129 cm³/mol. The maximum atomic E-state index is 13.1. The maximum Gasteiger partial charge on any atom is 0.379 e. The summed E-state index contributed by atoms with van der Waals surface area (Å²) in [6.45, 7) is 0. The number of furan rings is 1. The number of anilines is 1. The van der Waals surface area contributed by atoms with E-state index in [-0.39, 0.29) is 28.3 Å². The third-order valence-electron chi connectivity index (χ3n) is 4.44. The number of urea groups is 1. The molecule has 0 bridgehead atoms. The molecule has 0 unspecified atom stereocenters. The Morgan fingerprint density at radius 2 is 1.73 bits per heavy atom. The van der Waals surface area contributed by atoms with Crippen molar-refractivity contribution in [2.75, 3.05) is 4.90 Å². The van der Waals surface area contributed by atoms with Crippen LogP contribution in [0, 0.1) is 0 Å². The fraction of sp³-hybridized carbons (Fsp3) is 0. The van der Waals surface area contributed by atoms with Crippen LogP contribution in [0.2, 0.25) is 0 Å². The summed E-state index contributed by atoms with van der Waals surface area (Å²) < 4.78 is 12.2. The van der Waals surface area contributed by atoms with Crippen molar-refractivity contribution in [3.05, 3.63) is 85.1 Å². The molecule has 4 rings (SSSR count). The number of hydrogen-bond acceptors (Lipinski definition) is 6. The van der Waals surface area contributed by atoms with Gasteiger partial charge in [0.1, 0.15) is 5.57 Å². The van der Waals surface area contributed by atoms with Crippen LogP contribution in [-0.4, -0.2) is 23.8 Å². The lowest BCUT2D eigenvalue weighted by atomic mass is 10.1. The summed E-state index contributed by atoms with van der Waals surface area (Å²) in [5.41, 5.74) is 0.191. The van der Waals surface area contributed by atoms with E-state index < -0.39 is 23.8 Å². The molecule has 1 aliphatic rings. The van der Waals surface area contributed by atoms with E-state index in [1.165, 1.54) is 24.5 Å². The number of carbonyl (C=O) groups is 4. The molecule has 0 saturated carbocycles. The molecule has 8 nitrogen and oxygen atoms in total. The van der Waals surface area contributed by atoms with Crippen molar-refractivity contribution in [2.24, 2.45) is 0 Å². The number of carbonyl (C=O) groups excluding carboxylic acids is 4. The minimum atomic E-state index is -0.877. The van der Waals surface area contributed by atoms with Gasteiger partial charge in [0.05, 0.1) is 16.4 Å². The van der Waals surface area contributed by atoms with E-state index in [0.29, 0.717) is 8.95 Å². The van der Waals surface area contributed by atoms with Crippen LogP contribution in [0.15, 0.2) is 78.2 Å². The van der Waals surface area contributed by atoms with Gasteiger partial charge in [-0.3, -0.25) is 14.9 Å². The third kappa shape index (κ3) is 4.85. The summed E-state index contributed by atoms with van der Waals surface area (Å²) in [5, 5.41) is 2.16. The van der Waals surface area contributed by atoms with Gasteiger partial charge in [-0.1, -0.05) is 31.9 Å². The first-order chi connectivity index (χ1) is 15.7. The molecule has 1 aliphatic heterocycles. The number of esters is 1. The van der Waals surface area contributed by atoms with Crippen LogP contribution in [0.4, 0.5) is 10.5 Å². The lowest BCUT2D eigenvalue weighted by Gasteiger charge is -2.26. The van der Waals surface area contributed by atoms with Gasteiger partial charge in [0.2, 0.25) is 5.76 Å². The molecule has 1 N–H and O–H groups in total. The highest BCUT2D eigenvalue weighted by Crippen LogP contribution is 2.35. The molecule has 1 fully saturated rings. The minimum Gasteiger partial charge on any atom is -0.457 e. The molecule has 166 valence electrons. The summed E-state index contributed by atoms with van der Waals surface area (Å²) in [4.78, 5) is 51.3. The van der Waals surface area contributed by atoms with Crippen molar-refractivity contribution in [3.8, 4) is 5.75 Å². The molecule has 11 heteroatoms. The molecule has 0 spiro atoms. The number of benzene rings is 2. The number of imide groups is 2. The highest BCUT2D eigenvalue weighted by Gasteiger charge is 2.37. The topological polar surface area (TPSA) is 106 Å². The van der Waals surface area contributed by atoms with Crippen LogP contribution >= 0.6 is 47.8 Å². The lowest BCUT2D eigenvalue weighted by molar-refractivity contribution is -0.122. The fourth-order valence-corrected chi connectivity index (χ4v) is 4.57. The normalized spacial score (nSPS) is 15.1. The monoisotopic (exact) mass is 636 g/mol. The van der Waals surface area contributed by atoms with Crippen molar-refractivity contribution in [1.82, 2.24) is 5.32 Å². The molecular weight excluding hydrogens is 628 g/mol. The Morgan fingerprint density at radius 3 is 2.39 bits per heavy atom. The second kappa shape index (κ2) is 9.46. The summed E-state index contributed by atoms with van der Waals surface area (Å²) in [7, 11) is 0. The number of rotatable bonds is 4.